The van der Waals surface area contributed by atoms with Crippen LogP contribution in [0.25, 0.3) is 32.9 Å². The molecule has 2 aromatic heterocycles. The van der Waals surface area contributed by atoms with E-state index in [9.17, 15) is 0 Å². The van der Waals surface area contributed by atoms with E-state index in [1.807, 2.05) is 18.3 Å². The van der Waals surface area contributed by atoms with E-state index >= 15 is 0 Å². The quantitative estimate of drug-likeness (QED) is 0.380. The van der Waals surface area contributed by atoms with Crippen molar-refractivity contribution in [3.05, 3.63) is 102 Å². The molecular weight excluding hydrogens is 330 g/mol. The summed E-state index contributed by atoms with van der Waals surface area (Å²) in [6.45, 7) is 0. The molecule has 0 saturated carbocycles. The molecule has 3 nitrogen and oxygen atoms in total. The molecule has 0 saturated heterocycles. The van der Waals surface area contributed by atoms with Gasteiger partial charge in [0.25, 0.3) is 0 Å². The molecule has 4 aromatic rings. The van der Waals surface area contributed by atoms with Crippen molar-refractivity contribution < 1.29 is 4.24 Å². The average Bonchev–Trinajstić information content (AvgIpc) is 3.14. The molecule has 0 spiro atoms. The molecule has 2 aliphatic rings. The molecule has 2 aromatic carbocycles. The zero-order valence-corrected chi connectivity index (χ0v) is 14.6. The van der Waals surface area contributed by atoms with Gasteiger partial charge in [-0.3, -0.25) is 0 Å². The highest BCUT2D eigenvalue weighted by molar-refractivity contribution is 6.03. The Morgan fingerprint density at radius 1 is 0.815 bits per heavy atom. The SMILES string of the molecule is C1=CC2=[n+]3c(c4ncccc4c4cc(-c5ccccc5)ccc43)=NC2C=C1. The Bertz CT molecular complexity index is 1410. The van der Waals surface area contributed by atoms with Crippen LogP contribution in [-0.4, -0.2) is 11.0 Å². The van der Waals surface area contributed by atoms with Gasteiger partial charge in [0.1, 0.15) is 5.52 Å². The lowest BCUT2D eigenvalue weighted by molar-refractivity contribution is -0.501. The lowest BCUT2D eigenvalue weighted by atomic mass is 10.0. The third kappa shape index (κ3) is 2.05. The highest BCUT2D eigenvalue weighted by Gasteiger charge is 2.30. The van der Waals surface area contributed by atoms with Crippen molar-refractivity contribution in [2.75, 3.05) is 0 Å². The second-order valence-corrected chi connectivity index (χ2v) is 6.90. The van der Waals surface area contributed by atoms with Gasteiger partial charge in [-0.2, -0.15) is 4.24 Å². The Morgan fingerprint density at radius 3 is 2.67 bits per heavy atom. The minimum absolute atomic E-state index is 0.0691. The Balaban J connectivity index is 1.81. The first kappa shape index (κ1) is 14.6. The van der Waals surface area contributed by atoms with Gasteiger partial charge in [0.15, 0.2) is 11.2 Å². The van der Waals surface area contributed by atoms with Crippen LogP contribution in [0.1, 0.15) is 0 Å². The second-order valence-electron chi connectivity index (χ2n) is 6.90. The molecular formula is C24H16N3+. The van der Waals surface area contributed by atoms with Crippen molar-refractivity contribution in [3.63, 3.8) is 0 Å². The van der Waals surface area contributed by atoms with Gasteiger partial charge in [-0.25, -0.2) is 4.98 Å². The van der Waals surface area contributed by atoms with Gasteiger partial charge >= 0.3 is 5.49 Å². The standard InChI is InChI=1S/C24H16N3/c1-2-7-16(8-3-1)17-12-13-21-19(15-17)18-9-6-14-25-23(18)24-26-20-10-4-5-11-22(20)27(21)24/h1-15,20H/q+1. The van der Waals surface area contributed by atoms with E-state index in [2.05, 4.69) is 82.1 Å². The topological polar surface area (TPSA) is 31.2 Å². The van der Waals surface area contributed by atoms with Crippen molar-refractivity contribution in [2.45, 2.75) is 6.04 Å². The normalized spacial score (nSPS) is 17.2. The summed E-state index contributed by atoms with van der Waals surface area (Å²) >= 11 is 0. The van der Waals surface area contributed by atoms with E-state index in [1.165, 1.54) is 27.7 Å². The molecule has 0 bridgehead atoms. The van der Waals surface area contributed by atoms with Crippen molar-refractivity contribution >= 4 is 21.8 Å². The number of nitrogens with zero attached hydrogens (tertiary/aromatic N) is 3. The van der Waals surface area contributed by atoms with Crippen molar-refractivity contribution in [1.82, 2.24) is 4.98 Å². The summed E-state index contributed by atoms with van der Waals surface area (Å²) in [5.74, 6) is 0. The van der Waals surface area contributed by atoms with Gasteiger partial charge in [-0.15, -0.1) is 0 Å². The summed E-state index contributed by atoms with van der Waals surface area (Å²) in [5.41, 5.74) is 6.70. The van der Waals surface area contributed by atoms with E-state index in [1.54, 1.807) is 0 Å². The lowest BCUT2D eigenvalue weighted by Gasteiger charge is -2.06. The van der Waals surface area contributed by atoms with E-state index < -0.39 is 0 Å². The number of fused-ring (bicyclic) bond motifs is 7. The Labute approximate surface area is 156 Å². The number of hydrogen-bond acceptors (Lipinski definition) is 2. The molecule has 0 radical (unpaired) electrons. The van der Waals surface area contributed by atoms with Crippen LogP contribution in [0.15, 0.2) is 96.2 Å². The van der Waals surface area contributed by atoms with Crippen LogP contribution in [0.2, 0.25) is 0 Å². The third-order valence-electron chi connectivity index (χ3n) is 5.36. The maximum atomic E-state index is 4.96. The van der Waals surface area contributed by atoms with Crippen molar-refractivity contribution in [2.24, 2.45) is 4.99 Å². The number of aromatic nitrogens is 2. The van der Waals surface area contributed by atoms with Gasteiger partial charge in [0.05, 0.1) is 0 Å². The van der Waals surface area contributed by atoms with Gasteiger partial charge in [-0.1, -0.05) is 59.6 Å². The number of benzene rings is 2. The van der Waals surface area contributed by atoms with Gasteiger partial charge < -0.3 is 0 Å². The summed E-state index contributed by atoms with van der Waals surface area (Å²) in [6, 6.07) is 21.4. The zero-order chi connectivity index (χ0) is 17.8. The maximum Gasteiger partial charge on any atom is 0.350 e. The van der Waals surface area contributed by atoms with Crippen LogP contribution in [0, 0.1) is 5.71 Å². The molecule has 1 atom stereocenters. The third-order valence-corrected chi connectivity index (χ3v) is 5.36. The first-order valence-electron chi connectivity index (χ1n) is 9.15. The molecule has 6 rings (SSSR count). The fourth-order valence-corrected chi connectivity index (χ4v) is 4.13. The molecule has 0 fully saturated rings. The fraction of sp³-hybridized carbons (Fsp3) is 0.0417. The monoisotopic (exact) mass is 346 g/mol. The molecule has 0 amide bonds. The predicted molar refractivity (Wildman–Crippen MR) is 107 cm³/mol. The van der Waals surface area contributed by atoms with Crippen LogP contribution in [0.4, 0.5) is 0 Å². The Morgan fingerprint density at radius 2 is 1.74 bits per heavy atom. The average molecular weight is 346 g/mol. The van der Waals surface area contributed by atoms with Crippen LogP contribution < -0.4 is 9.73 Å². The van der Waals surface area contributed by atoms with Crippen LogP contribution in [-0.2, 0) is 0 Å². The molecule has 3 heteroatoms. The predicted octanol–water partition coefficient (Wildman–Crippen LogP) is 3.85. The van der Waals surface area contributed by atoms with E-state index in [0.29, 0.717) is 0 Å². The highest BCUT2D eigenvalue weighted by Crippen LogP contribution is 2.27. The van der Waals surface area contributed by atoms with E-state index in [0.717, 1.165) is 16.4 Å². The Hall–Kier alpha value is -3.59. The lowest BCUT2D eigenvalue weighted by Crippen LogP contribution is -2.39. The summed E-state index contributed by atoms with van der Waals surface area (Å²) in [4.78, 5) is 9.65. The highest BCUT2D eigenvalue weighted by atomic mass is 15.0. The van der Waals surface area contributed by atoms with Gasteiger partial charge in [0, 0.05) is 17.0 Å². The summed E-state index contributed by atoms with van der Waals surface area (Å²) in [7, 11) is 0. The zero-order valence-electron chi connectivity index (χ0n) is 14.6. The van der Waals surface area contributed by atoms with Crippen LogP contribution >= 0.6 is 0 Å². The molecule has 1 unspecified atom stereocenters. The second kappa shape index (κ2) is 5.45. The fourth-order valence-electron chi connectivity index (χ4n) is 4.13. The number of allylic oxidation sites excluding steroid dienone is 2. The van der Waals surface area contributed by atoms with E-state index in [-0.39, 0.29) is 6.04 Å². The molecule has 126 valence electrons. The first-order chi connectivity index (χ1) is 13.4. The van der Waals surface area contributed by atoms with Crippen molar-refractivity contribution in [1.29, 1.82) is 0 Å². The summed E-state index contributed by atoms with van der Waals surface area (Å²) in [5, 5.41) is 2.35. The first-order valence-corrected chi connectivity index (χ1v) is 9.15. The smallest absolute Gasteiger partial charge is 0.248 e. The minimum Gasteiger partial charge on any atom is -0.248 e. The molecule has 27 heavy (non-hydrogen) atoms. The molecule has 1 aliphatic heterocycles. The largest absolute Gasteiger partial charge is 0.350 e. The Kier molecular flexibility index (Phi) is 2.94. The maximum absolute atomic E-state index is 4.96. The minimum atomic E-state index is 0.0691. The van der Waals surface area contributed by atoms with E-state index in [4.69, 9.17) is 4.99 Å². The van der Waals surface area contributed by atoms with Crippen molar-refractivity contribution in [3.8, 4) is 11.1 Å². The molecule has 3 heterocycles. The number of hydrogen-bond donors (Lipinski definition) is 0. The van der Waals surface area contributed by atoms with Gasteiger partial charge in [0.2, 0.25) is 6.04 Å². The van der Waals surface area contributed by atoms with Gasteiger partial charge in [-0.05, 0) is 41.5 Å². The molecule has 1 aliphatic carbocycles. The number of rotatable bonds is 1. The van der Waals surface area contributed by atoms with Crippen LogP contribution in [0.3, 0.4) is 0 Å². The molecule has 0 N–H and O–H groups in total. The number of pyridine rings is 2. The summed E-state index contributed by atoms with van der Waals surface area (Å²) < 4.78 is 2.27. The van der Waals surface area contributed by atoms with Crippen LogP contribution in [0.5, 0.6) is 0 Å². The summed E-state index contributed by atoms with van der Waals surface area (Å²) in [6.07, 6.45) is 10.3.